The van der Waals surface area contributed by atoms with Gasteiger partial charge in [0.1, 0.15) is 17.3 Å². The van der Waals surface area contributed by atoms with E-state index in [1.807, 2.05) is 13.8 Å². The summed E-state index contributed by atoms with van der Waals surface area (Å²) < 4.78 is 11.4. The second-order valence-electron chi connectivity index (χ2n) is 12.4. The molecule has 0 aromatic heterocycles. The largest absolute Gasteiger partial charge is 0.496 e. The first kappa shape index (κ1) is 33.7. The van der Waals surface area contributed by atoms with Crippen molar-refractivity contribution >= 4 is 16.9 Å². The highest BCUT2D eigenvalue weighted by atomic mass is 16.5. The van der Waals surface area contributed by atoms with Gasteiger partial charge in [0.25, 0.3) is 0 Å². The number of Topliss-reactive ketones (excluding diaryl/α,β-unsaturated/α-hetero) is 1. The van der Waals surface area contributed by atoms with E-state index in [0.29, 0.717) is 17.6 Å². The number of rotatable bonds is 10. The minimum absolute atomic E-state index is 0. The second kappa shape index (κ2) is 15.6. The third kappa shape index (κ3) is 7.39. The van der Waals surface area contributed by atoms with E-state index < -0.39 is 0 Å². The number of ether oxygens (including phenoxy) is 2. The number of hydrogen-bond donors (Lipinski definition) is 0. The lowest BCUT2D eigenvalue weighted by atomic mass is 9.76. The molecule has 0 spiro atoms. The van der Waals surface area contributed by atoms with Crippen molar-refractivity contribution in [3.63, 3.8) is 0 Å². The van der Waals surface area contributed by atoms with Crippen molar-refractivity contribution in [2.45, 2.75) is 107 Å². The van der Waals surface area contributed by atoms with Gasteiger partial charge in [-0.1, -0.05) is 84.1 Å². The summed E-state index contributed by atoms with van der Waals surface area (Å²) in [5.41, 5.74) is 10.2. The fraction of sp³-hybridized carbons (Fsp3) is 0.564. The van der Waals surface area contributed by atoms with Gasteiger partial charge >= 0.3 is 0 Å². The molecule has 0 radical (unpaired) electrons. The number of aryl methyl sites for hydroxylation is 2. The Morgan fingerprint density at radius 3 is 2.14 bits per heavy atom. The van der Waals surface area contributed by atoms with E-state index in [1.54, 1.807) is 14.2 Å². The lowest BCUT2D eigenvalue weighted by Crippen LogP contribution is -2.25. The summed E-state index contributed by atoms with van der Waals surface area (Å²) in [6.07, 6.45) is 8.78. The SMILES string of the molecule is CC.CCC(C(=O)CC1CCCC1)C(C)C1=C(C)C(c2ccc(OC)c(C)c2)=C(c2ccc(C)c(OC)c2)C(C)CC1.[HH]. The van der Waals surface area contributed by atoms with Gasteiger partial charge in [-0.05, 0) is 115 Å². The summed E-state index contributed by atoms with van der Waals surface area (Å²) in [6, 6.07) is 13.2. The number of allylic oxidation sites excluding steroid dienone is 4. The molecule has 2 aromatic rings. The summed E-state index contributed by atoms with van der Waals surface area (Å²) in [4.78, 5) is 13.7. The monoisotopic (exact) mass is 574 g/mol. The number of ketones is 1. The molecule has 42 heavy (non-hydrogen) atoms. The van der Waals surface area contributed by atoms with E-state index in [2.05, 4.69) is 77.9 Å². The summed E-state index contributed by atoms with van der Waals surface area (Å²) >= 11 is 0. The summed E-state index contributed by atoms with van der Waals surface area (Å²) in [6.45, 7) is 17.4. The fourth-order valence-electron chi connectivity index (χ4n) is 7.46. The maximum atomic E-state index is 13.7. The third-order valence-electron chi connectivity index (χ3n) is 9.84. The maximum Gasteiger partial charge on any atom is 0.136 e. The molecule has 232 valence electrons. The first-order valence-electron chi connectivity index (χ1n) is 16.5. The third-order valence-corrected chi connectivity index (χ3v) is 9.84. The maximum absolute atomic E-state index is 13.7. The molecule has 0 bridgehead atoms. The van der Waals surface area contributed by atoms with Crippen molar-refractivity contribution in [2.24, 2.45) is 23.7 Å². The Labute approximate surface area is 258 Å². The van der Waals surface area contributed by atoms with Crippen LogP contribution in [0.5, 0.6) is 11.5 Å². The van der Waals surface area contributed by atoms with E-state index in [0.717, 1.165) is 48.3 Å². The Morgan fingerprint density at radius 1 is 0.905 bits per heavy atom. The number of carbonyl (C=O) groups excluding carboxylic acids is 1. The van der Waals surface area contributed by atoms with Crippen molar-refractivity contribution in [1.82, 2.24) is 0 Å². The number of hydrogen-bond acceptors (Lipinski definition) is 3. The molecule has 4 rings (SSSR count). The molecule has 2 aliphatic rings. The van der Waals surface area contributed by atoms with Gasteiger partial charge in [-0.2, -0.15) is 0 Å². The normalized spacial score (nSPS) is 19.1. The Bertz CT molecular complexity index is 1280. The Morgan fingerprint density at radius 2 is 1.55 bits per heavy atom. The second-order valence-corrected chi connectivity index (χ2v) is 12.4. The van der Waals surface area contributed by atoms with Gasteiger partial charge in [-0.25, -0.2) is 0 Å². The standard InChI is InChI=1S/C37H50O3.C2H6.H2/c1-9-31(33(38)21-28-12-10-11-13-28)26(5)32-18-15-24(3)36(30-16-14-23(2)35(22-30)40-8)37(27(32)6)29-17-19-34(39-7)25(4)20-29;1-2;/h14,16-17,19-20,22,24,26,28,31H,9-13,15,18,21H2,1-8H3;1-2H3;1H. The minimum atomic E-state index is 0. The van der Waals surface area contributed by atoms with Crippen molar-refractivity contribution < 1.29 is 15.7 Å². The van der Waals surface area contributed by atoms with E-state index in [4.69, 9.17) is 9.47 Å². The van der Waals surface area contributed by atoms with Gasteiger partial charge in [-0.3, -0.25) is 4.79 Å². The highest BCUT2D eigenvalue weighted by molar-refractivity contribution is 6.00. The fourth-order valence-corrected chi connectivity index (χ4v) is 7.46. The predicted molar refractivity (Wildman–Crippen MR) is 181 cm³/mol. The summed E-state index contributed by atoms with van der Waals surface area (Å²) in [7, 11) is 3.49. The van der Waals surface area contributed by atoms with Gasteiger partial charge in [0.2, 0.25) is 0 Å². The smallest absolute Gasteiger partial charge is 0.136 e. The average molecular weight is 575 g/mol. The van der Waals surface area contributed by atoms with Crippen LogP contribution in [0.25, 0.3) is 11.1 Å². The van der Waals surface area contributed by atoms with Crippen LogP contribution in [0.3, 0.4) is 0 Å². The molecule has 0 saturated heterocycles. The molecule has 0 heterocycles. The highest BCUT2D eigenvalue weighted by Crippen LogP contribution is 2.47. The average Bonchev–Trinajstić information content (AvgIpc) is 3.46. The zero-order valence-corrected chi connectivity index (χ0v) is 28.2. The molecule has 2 aliphatic carbocycles. The lowest BCUT2D eigenvalue weighted by molar-refractivity contribution is -0.125. The van der Waals surface area contributed by atoms with Gasteiger partial charge in [0.05, 0.1) is 14.2 Å². The molecule has 3 heteroatoms. The van der Waals surface area contributed by atoms with Crippen LogP contribution in [-0.2, 0) is 4.79 Å². The molecule has 1 fully saturated rings. The lowest BCUT2D eigenvalue weighted by Gasteiger charge is -2.27. The van der Waals surface area contributed by atoms with E-state index in [1.165, 1.54) is 59.1 Å². The molecule has 3 nitrogen and oxygen atoms in total. The van der Waals surface area contributed by atoms with Gasteiger partial charge in [0.15, 0.2) is 0 Å². The summed E-state index contributed by atoms with van der Waals surface area (Å²) in [5.74, 6) is 3.58. The Kier molecular flexibility index (Phi) is 12.5. The molecule has 0 amide bonds. The van der Waals surface area contributed by atoms with Crippen LogP contribution in [0.4, 0.5) is 0 Å². The number of carbonyl (C=O) groups is 1. The number of methoxy groups -OCH3 is 2. The molecule has 0 aliphatic heterocycles. The molecular weight excluding hydrogens is 516 g/mol. The van der Waals surface area contributed by atoms with Crippen molar-refractivity contribution in [3.8, 4) is 11.5 Å². The van der Waals surface area contributed by atoms with Gasteiger partial charge in [-0.15, -0.1) is 0 Å². The van der Waals surface area contributed by atoms with Crippen molar-refractivity contribution in [2.75, 3.05) is 14.2 Å². The van der Waals surface area contributed by atoms with Crippen LogP contribution in [0.2, 0.25) is 0 Å². The molecule has 3 unspecified atom stereocenters. The van der Waals surface area contributed by atoms with Crippen LogP contribution in [0.15, 0.2) is 47.5 Å². The van der Waals surface area contributed by atoms with Gasteiger partial charge in [0, 0.05) is 13.8 Å². The zero-order chi connectivity index (χ0) is 31.0. The van der Waals surface area contributed by atoms with Crippen LogP contribution >= 0.6 is 0 Å². The highest BCUT2D eigenvalue weighted by Gasteiger charge is 2.33. The van der Waals surface area contributed by atoms with E-state index in [9.17, 15) is 4.79 Å². The molecule has 2 aromatic carbocycles. The van der Waals surface area contributed by atoms with Gasteiger partial charge < -0.3 is 9.47 Å². The first-order chi connectivity index (χ1) is 20.2. The summed E-state index contributed by atoms with van der Waals surface area (Å²) in [5, 5.41) is 0. The molecule has 3 atom stereocenters. The van der Waals surface area contributed by atoms with E-state index >= 15 is 0 Å². The molecule has 0 N–H and O–H groups in total. The van der Waals surface area contributed by atoms with Crippen LogP contribution in [0, 0.1) is 37.5 Å². The van der Waals surface area contributed by atoms with Crippen LogP contribution in [-0.4, -0.2) is 20.0 Å². The Balaban J connectivity index is 0.00000211. The van der Waals surface area contributed by atoms with Crippen LogP contribution < -0.4 is 9.47 Å². The zero-order valence-electron chi connectivity index (χ0n) is 28.2. The number of benzene rings is 2. The van der Waals surface area contributed by atoms with Crippen molar-refractivity contribution in [1.29, 1.82) is 0 Å². The van der Waals surface area contributed by atoms with Crippen LogP contribution in [0.1, 0.15) is 117 Å². The quantitative estimate of drug-likeness (QED) is 0.283. The molecular formula is C39H58O3. The first-order valence-corrected chi connectivity index (χ1v) is 16.5. The predicted octanol–water partition coefficient (Wildman–Crippen LogP) is 11.1. The Hall–Kier alpha value is -2.81. The topological polar surface area (TPSA) is 35.5 Å². The molecule has 1 saturated carbocycles. The van der Waals surface area contributed by atoms with Crippen molar-refractivity contribution in [3.05, 3.63) is 69.8 Å². The van der Waals surface area contributed by atoms with E-state index in [-0.39, 0.29) is 13.3 Å². The minimum Gasteiger partial charge on any atom is -0.496 e.